The van der Waals surface area contributed by atoms with E-state index in [-0.39, 0.29) is 11.5 Å². The van der Waals surface area contributed by atoms with Crippen molar-refractivity contribution in [1.29, 1.82) is 0 Å². The molecule has 8 heteroatoms. The fourth-order valence-corrected chi connectivity index (χ4v) is 4.26. The van der Waals surface area contributed by atoms with Crippen molar-refractivity contribution in [2.24, 2.45) is 0 Å². The summed E-state index contributed by atoms with van der Waals surface area (Å²) in [5, 5.41) is 6.48. The Morgan fingerprint density at radius 1 is 1.36 bits per heavy atom. The fraction of sp³-hybridized carbons (Fsp3) is 0.471. The van der Waals surface area contributed by atoms with Crippen LogP contribution in [0.1, 0.15) is 25.2 Å². The molecule has 3 aromatic heterocycles. The molecule has 0 aromatic carbocycles. The topological polar surface area (TPSA) is 68.8 Å². The standard InChI is InChI=1S/C17H20N4O3S/c1-3-12(16(22)19-5-7-24-8-6-19)21-17(23)14-10-15-13(4-9-25-15)20(14)11(2)18-21/h4,9-10,12H,3,5-8H2,1-2H3/t12-/m0/s1. The van der Waals surface area contributed by atoms with Crippen LogP contribution in [0.2, 0.25) is 0 Å². The minimum Gasteiger partial charge on any atom is -0.378 e. The molecule has 0 N–H and O–H groups in total. The molecule has 1 aliphatic rings. The minimum absolute atomic E-state index is 0.0579. The van der Waals surface area contributed by atoms with Crippen molar-refractivity contribution in [3.63, 3.8) is 0 Å². The Bertz CT molecular complexity index is 997. The monoisotopic (exact) mass is 360 g/mol. The molecule has 0 spiro atoms. The summed E-state index contributed by atoms with van der Waals surface area (Å²) < 4.78 is 9.60. The molecule has 7 nitrogen and oxygen atoms in total. The van der Waals surface area contributed by atoms with Crippen LogP contribution in [0.15, 0.2) is 22.3 Å². The lowest BCUT2D eigenvalue weighted by atomic mass is 10.2. The van der Waals surface area contributed by atoms with Crippen LogP contribution in [0.5, 0.6) is 0 Å². The van der Waals surface area contributed by atoms with Crippen LogP contribution in [-0.2, 0) is 9.53 Å². The van der Waals surface area contributed by atoms with E-state index in [0.717, 1.165) is 10.2 Å². The highest BCUT2D eigenvalue weighted by atomic mass is 32.1. The van der Waals surface area contributed by atoms with Crippen molar-refractivity contribution in [2.45, 2.75) is 26.3 Å². The van der Waals surface area contributed by atoms with E-state index in [0.29, 0.717) is 44.1 Å². The lowest BCUT2D eigenvalue weighted by Crippen LogP contribution is -2.46. The summed E-state index contributed by atoms with van der Waals surface area (Å²) in [6, 6.07) is 3.29. The highest BCUT2D eigenvalue weighted by molar-refractivity contribution is 7.17. The van der Waals surface area contributed by atoms with E-state index < -0.39 is 6.04 Å². The van der Waals surface area contributed by atoms with Crippen LogP contribution in [-0.4, -0.2) is 51.3 Å². The van der Waals surface area contributed by atoms with Gasteiger partial charge in [0.1, 0.15) is 17.4 Å². The van der Waals surface area contributed by atoms with E-state index >= 15 is 0 Å². The van der Waals surface area contributed by atoms with E-state index in [1.807, 2.05) is 35.8 Å². The zero-order valence-corrected chi connectivity index (χ0v) is 15.1. The van der Waals surface area contributed by atoms with Gasteiger partial charge in [0.2, 0.25) is 5.91 Å². The van der Waals surface area contributed by atoms with Crippen LogP contribution in [0.25, 0.3) is 15.7 Å². The Kier molecular flexibility index (Phi) is 4.09. The first kappa shape index (κ1) is 16.3. The van der Waals surface area contributed by atoms with Gasteiger partial charge in [-0.15, -0.1) is 11.3 Å². The van der Waals surface area contributed by atoms with Gasteiger partial charge in [-0.3, -0.25) is 14.0 Å². The number of amides is 1. The Labute approximate surface area is 148 Å². The summed E-state index contributed by atoms with van der Waals surface area (Å²) in [6.07, 6.45) is 0.522. The Morgan fingerprint density at radius 2 is 2.12 bits per heavy atom. The summed E-state index contributed by atoms with van der Waals surface area (Å²) in [5.41, 5.74) is 1.34. The quantitative estimate of drug-likeness (QED) is 0.715. The van der Waals surface area contributed by atoms with Gasteiger partial charge in [-0.2, -0.15) is 5.10 Å². The first-order chi connectivity index (χ1) is 12.1. The summed E-state index contributed by atoms with van der Waals surface area (Å²) in [4.78, 5) is 27.7. The van der Waals surface area contributed by atoms with Gasteiger partial charge in [0.05, 0.1) is 23.4 Å². The van der Waals surface area contributed by atoms with Crippen molar-refractivity contribution in [3.8, 4) is 0 Å². The van der Waals surface area contributed by atoms with Crippen molar-refractivity contribution in [3.05, 3.63) is 33.7 Å². The molecule has 1 atom stereocenters. The third kappa shape index (κ3) is 2.56. The van der Waals surface area contributed by atoms with Gasteiger partial charge in [0, 0.05) is 13.1 Å². The van der Waals surface area contributed by atoms with Crippen molar-refractivity contribution in [2.75, 3.05) is 26.3 Å². The molecule has 25 heavy (non-hydrogen) atoms. The summed E-state index contributed by atoms with van der Waals surface area (Å²) >= 11 is 1.59. The van der Waals surface area contributed by atoms with Crippen LogP contribution in [0.4, 0.5) is 0 Å². The van der Waals surface area contributed by atoms with Gasteiger partial charge in [-0.25, -0.2) is 4.68 Å². The summed E-state index contributed by atoms with van der Waals surface area (Å²) in [6.45, 7) is 5.98. The molecule has 4 heterocycles. The van der Waals surface area contributed by atoms with E-state index in [2.05, 4.69) is 5.10 Å². The Morgan fingerprint density at radius 3 is 2.84 bits per heavy atom. The molecule has 0 saturated carbocycles. The van der Waals surface area contributed by atoms with Crippen LogP contribution in [0.3, 0.4) is 0 Å². The number of morpholine rings is 1. The van der Waals surface area contributed by atoms with Gasteiger partial charge in [-0.05, 0) is 30.9 Å². The van der Waals surface area contributed by atoms with E-state index in [1.54, 1.807) is 16.2 Å². The average molecular weight is 360 g/mol. The number of fused-ring (bicyclic) bond motifs is 3. The smallest absolute Gasteiger partial charge is 0.291 e. The largest absolute Gasteiger partial charge is 0.378 e. The maximum absolute atomic E-state index is 13.0. The highest BCUT2D eigenvalue weighted by Crippen LogP contribution is 2.25. The number of rotatable bonds is 3. The SMILES string of the molecule is CC[C@@H](C(=O)N1CCOCC1)n1nc(C)n2c(cc3sccc32)c1=O. The first-order valence-electron chi connectivity index (χ1n) is 8.46. The Hall–Kier alpha value is -2.19. The average Bonchev–Trinajstić information content (AvgIpc) is 3.21. The van der Waals surface area contributed by atoms with Crippen LogP contribution < -0.4 is 5.56 Å². The molecule has 1 saturated heterocycles. The number of hydrogen-bond donors (Lipinski definition) is 0. The lowest BCUT2D eigenvalue weighted by molar-refractivity contribution is -0.139. The lowest BCUT2D eigenvalue weighted by Gasteiger charge is -2.30. The molecule has 132 valence electrons. The molecule has 0 bridgehead atoms. The number of thiophene rings is 1. The van der Waals surface area contributed by atoms with E-state index in [9.17, 15) is 9.59 Å². The molecule has 0 radical (unpaired) electrons. The van der Waals surface area contributed by atoms with Crippen LogP contribution >= 0.6 is 11.3 Å². The second kappa shape index (κ2) is 6.27. The first-order valence-corrected chi connectivity index (χ1v) is 9.34. The number of nitrogens with zero attached hydrogens (tertiary/aromatic N) is 4. The van der Waals surface area contributed by atoms with Gasteiger partial charge >= 0.3 is 0 Å². The summed E-state index contributed by atoms with van der Waals surface area (Å²) in [5.74, 6) is 0.647. The normalized spacial score (nSPS) is 16.6. The maximum atomic E-state index is 13.0. The molecule has 0 aliphatic carbocycles. The van der Waals surface area contributed by atoms with Gasteiger partial charge in [0.15, 0.2) is 0 Å². The number of hydrogen-bond acceptors (Lipinski definition) is 5. The van der Waals surface area contributed by atoms with Crippen LogP contribution in [0, 0.1) is 6.92 Å². The van der Waals surface area contributed by atoms with E-state index in [1.165, 1.54) is 4.68 Å². The van der Waals surface area contributed by atoms with E-state index in [4.69, 9.17) is 4.74 Å². The fourth-order valence-electron chi connectivity index (χ4n) is 3.45. The second-order valence-electron chi connectivity index (χ2n) is 6.19. The third-order valence-corrected chi connectivity index (χ3v) is 5.57. The number of aromatic nitrogens is 3. The minimum atomic E-state index is -0.581. The highest BCUT2D eigenvalue weighted by Gasteiger charge is 2.28. The molecule has 1 aliphatic heterocycles. The van der Waals surface area contributed by atoms with Gasteiger partial charge < -0.3 is 9.64 Å². The number of aryl methyl sites for hydroxylation is 1. The second-order valence-corrected chi connectivity index (χ2v) is 7.14. The predicted molar refractivity (Wildman–Crippen MR) is 96.3 cm³/mol. The zero-order valence-electron chi connectivity index (χ0n) is 14.3. The van der Waals surface area contributed by atoms with Crippen molar-refractivity contribution < 1.29 is 9.53 Å². The summed E-state index contributed by atoms with van der Waals surface area (Å²) in [7, 11) is 0. The zero-order chi connectivity index (χ0) is 17.6. The van der Waals surface area contributed by atoms with Crippen molar-refractivity contribution >= 4 is 33.0 Å². The molecule has 1 fully saturated rings. The third-order valence-electron chi connectivity index (χ3n) is 4.72. The molecule has 0 unspecified atom stereocenters. The molecule has 4 rings (SSSR count). The van der Waals surface area contributed by atoms with Gasteiger partial charge in [-0.1, -0.05) is 6.92 Å². The number of carbonyl (C=O) groups excluding carboxylic acids is 1. The van der Waals surface area contributed by atoms with Crippen molar-refractivity contribution in [1.82, 2.24) is 19.1 Å². The molecule has 3 aromatic rings. The molecular formula is C17H20N4O3S. The predicted octanol–water partition coefficient (Wildman–Crippen LogP) is 1.83. The molecular weight excluding hydrogens is 340 g/mol. The molecule has 1 amide bonds. The maximum Gasteiger partial charge on any atom is 0.291 e. The number of ether oxygens (including phenoxy) is 1. The van der Waals surface area contributed by atoms with Gasteiger partial charge in [0.25, 0.3) is 5.56 Å². The number of carbonyl (C=O) groups is 1. The Balaban J connectivity index is 1.82.